The lowest BCUT2D eigenvalue weighted by atomic mass is 10.4. The highest BCUT2D eigenvalue weighted by atomic mass is 79.9. The highest BCUT2D eigenvalue weighted by Crippen LogP contribution is 2.25. The maximum atomic E-state index is 11.9. The van der Waals surface area contributed by atoms with Crippen LogP contribution in [-0.4, -0.2) is 28.1 Å². The summed E-state index contributed by atoms with van der Waals surface area (Å²) in [4.78, 5) is 0.192. The molecule has 0 aliphatic heterocycles. The molecule has 0 spiro atoms. The van der Waals surface area contributed by atoms with Gasteiger partial charge >= 0.3 is 0 Å². The Kier molecular flexibility index (Phi) is 7.73. The molecule has 18 heavy (non-hydrogen) atoms. The second-order valence-corrected chi connectivity index (χ2v) is 6.65. The minimum absolute atomic E-state index is 0. The molecule has 0 amide bonds. The zero-order chi connectivity index (χ0) is 13.1. The predicted molar refractivity (Wildman–Crippen MR) is 80.1 cm³/mol. The summed E-state index contributed by atoms with van der Waals surface area (Å²) >= 11 is 9.00. The lowest BCUT2D eigenvalue weighted by Crippen LogP contribution is -2.37. The molecule has 0 bridgehead atoms. The first kappa shape index (κ1) is 18.1. The van der Waals surface area contributed by atoms with Crippen LogP contribution in [0.25, 0.3) is 0 Å². The summed E-state index contributed by atoms with van der Waals surface area (Å²) in [5.74, 6) is 0. The van der Waals surface area contributed by atoms with Crippen molar-refractivity contribution >= 4 is 50.0 Å². The van der Waals surface area contributed by atoms with E-state index in [4.69, 9.17) is 11.6 Å². The molecular weight excluding hydrogens is 363 g/mol. The maximum Gasteiger partial charge on any atom is 0.240 e. The number of hydrogen-bond acceptors (Lipinski definition) is 3. The molecule has 0 saturated heterocycles. The summed E-state index contributed by atoms with van der Waals surface area (Å²) in [6.45, 7) is 2.22. The molecule has 0 saturated carbocycles. The van der Waals surface area contributed by atoms with Gasteiger partial charge < -0.3 is 5.32 Å². The van der Waals surface area contributed by atoms with Gasteiger partial charge in [0.2, 0.25) is 10.0 Å². The summed E-state index contributed by atoms with van der Waals surface area (Å²) in [6, 6.07) is 4.57. The first-order valence-corrected chi connectivity index (χ1v) is 7.64. The summed E-state index contributed by atoms with van der Waals surface area (Å²) in [7, 11) is -1.71. The standard InChI is InChI=1S/C10H14BrClN2O2S.ClH/c1-7(13-2)6-14-17(15,16)8-3-4-10(12)9(11)5-8;/h3-5,7,13-14H,6H2,1-2H3;1H. The van der Waals surface area contributed by atoms with Crippen LogP contribution in [0.4, 0.5) is 0 Å². The summed E-state index contributed by atoms with van der Waals surface area (Å²) in [5.41, 5.74) is 0. The van der Waals surface area contributed by atoms with Crippen LogP contribution in [0.3, 0.4) is 0 Å². The molecular formula is C10H15BrCl2N2O2S. The van der Waals surface area contributed by atoms with E-state index < -0.39 is 10.0 Å². The Bertz CT molecular complexity index is 497. The summed E-state index contributed by atoms with van der Waals surface area (Å²) < 4.78 is 26.9. The fourth-order valence-corrected chi connectivity index (χ4v) is 2.87. The largest absolute Gasteiger partial charge is 0.316 e. The highest BCUT2D eigenvalue weighted by molar-refractivity contribution is 9.10. The highest BCUT2D eigenvalue weighted by Gasteiger charge is 2.15. The molecule has 0 aliphatic carbocycles. The lowest BCUT2D eigenvalue weighted by Gasteiger charge is -2.12. The van der Waals surface area contributed by atoms with Gasteiger partial charge in [0.1, 0.15) is 0 Å². The van der Waals surface area contributed by atoms with Gasteiger partial charge in [-0.2, -0.15) is 0 Å². The van der Waals surface area contributed by atoms with Gasteiger partial charge in [-0.15, -0.1) is 12.4 Å². The van der Waals surface area contributed by atoms with Crippen molar-refractivity contribution in [3.8, 4) is 0 Å². The molecule has 0 aromatic heterocycles. The van der Waals surface area contributed by atoms with Crippen molar-refractivity contribution in [1.82, 2.24) is 10.0 Å². The van der Waals surface area contributed by atoms with E-state index in [1.54, 1.807) is 13.1 Å². The average Bonchev–Trinajstić information content (AvgIpc) is 2.29. The van der Waals surface area contributed by atoms with E-state index in [9.17, 15) is 8.42 Å². The molecule has 0 heterocycles. The van der Waals surface area contributed by atoms with Crippen LogP contribution in [-0.2, 0) is 10.0 Å². The number of sulfonamides is 1. The van der Waals surface area contributed by atoms with E-state index in [2.05, 4.69) is 26.0 Å². The van der Waals surface area contributed by atoms with Crippen molar-refractivity contribution in [1.29, 1.82) is 0 Å². The molecule has 1 atom stereocenters. The van der Waals surface area contributed by atoms with E-state index >= 15 is 0 Å². The molecule has 8 heteroatoms. The molecule has 1 aromatic rings. The normalized spacial score (nSPS) is 12.9. The molecule has 1 unspecified atom stereocenters. The SMILES string of the molecule is CNC(C)CNS(=O)(=O)c1ccc(Cl)c(Br)c1.Cl. The van der Waals surface area contributed by atoms with Gasteiger partial charge in [-0.05, 0) is 48.1 Å². The van der Waals surface area contributed by atoms with E-state index in [1.807, 2.05) is 6.92 Å². The van der Waals surface area contributed by atoms with Gasteiger partial charge in [0.05, 0.1) is 9.92 Å². The first-order chi connectivity index (χ1) is 7.86. The number of hydrogen-bond donors (Lipinski definition) is 2. The van der Waals surface area contributed by atoms with Gasteiger partial charge in [-0.3, -0.25) is 0 Å². The number of likely N-dealkylation sites (N-methyl/N-ethyl adjacent to an activating group) is 1. The van der Waals surface area contributed by atoms with E-state index in [0.29, 0.717) is 16.0 Å². The van der Waals surface area contributed by atoms with Crippen LogP contribution in [0.2, 0.25) is 5.02 Å². The second-order valence-electron chi connectivity index (χ2n) is 3.62. The monoisotopic (exact) mass is 376 g/mol. The maximum absolute atomic E-state index is 11.9. The molecule has 4 nitrogen and oxygen atoms in total. The third-order valence-corrected chi connectivity index (χ3v) is 4.91. The van der Waals surface area contributed by atoms with Crippen molar-refractivity contribution < 1.29 is 8.42 Å². The lowest BCUT2D eigenvalue weighted by molar-refractivity contribution is 0.554. The van der Waals surface area contributed by atoms with Crippen LogP contribution < -0.4 is 10.0 Å². The zero-order valence-electron chi connectivity index (χ0n) is 9.91. The van der Waals surface area contributed by atoms with Crippen molar-refractivity contribution in [3.63, 3.8) is 0 Å². The summed E-state index contributed by atoms with van der Waals surface area (Å²) in [5, 5.41) is 3.43. The minimum atomic E-state index is -3.48. The number of nitrogens with one attached hydrogen (secondary N) is 2. The Morgan fingerprint density at radius 2 is 2.06 bits per heavy atom. The second kappa shape index (κ2) is 7.67. The number of benzene rings is 1. The Morgan fingerprint density at radius 1 is 1.44 bits per heavy atom. The van der Waals surface area contributed by atoms with Crippen LogP contribution in [0.1, 0.15) is 6.92 Å². The number of halogens is 3. The average molecular weight is 378 g/mol. The van der Waals surface area contributed by atoms with E-state index in [0.717, 1.165) is 0 Å². The van der Waals surface area contributed by atoms with Gasteiger partial charge in [-0.1, -0.05) is 11.6 Å². The third-order valence-electron chi connectivity index (χ3n) is 2.27. The molecule has 2 N–H and O–H groups in total. The van der Waals surface area contributed by atoms with Gasteiger partial charge in [0, 0.05) is 17.1 Å². The molecule has 0 radical (unpaired) electrons. The third kappa shape index (κ3) is 5.03. The molecule has 104 valence electrons. The predicted octanol–water partition coefficient (Wildman–Crippen LogP) is 2.41. The first-order valence-electron chi connectivity index (χ1n) is 4.99. The molecule has 1 aromatic carbocycles. The van der Waals surface area contributed by atoms with E-state index in [-0.39, 0.29) is 23.3 Å². The Labute approximate surface area is 127 Å². The molecule has 0 fully saturated rings. The van der Waals surface area contributed by atoms with Crippen molar-refractivity contribution in [3.05, 3.63) is 27.7 Å². The fourth-order valence-electron chi connectivity index (χ4n) is 1.06. The molecule has 1 rings (SSSR count). The quantitative estimate of drug-likeness (QED) is 0.828. The number of rotatable bonds is 5. The van der Waals surface area contributed by atoms with Gasteiger partial charge in [0.15, 0.2) is 0 Å². The Balaban J connectivity index is 0.00000289. The van der Waals surface area contributed by atoms with Gasteiger partial charge in [-0.25, -0.2) is 13.1 Å². The topological polar surface area (TPSA) is 58.2 Å². The smallest absolute Gasteiger partial charge is 0.240 e. The molecule has 0 aliphatic rings. The van der Waals surface area contributed by atoms with Crippen molar-refractivity contribution in [2.24, 2.45) is 0 Å². The van der Waals surface area contributed by atoms with Crippen LogP contribution in [0, 0.1) is 0 Å². The van der Waals surface area contributed by atoms with Crippen LogP contribution >= 0.6 is 39.9 Å². The fraction of sp³-hybridized carbons (Fsp3) is 0.400. The van der Waals surface area contributed by atoms with Crippen molar-refractivity contribution in [2.75, 3.05) is 13.6 Å². The van der Waals surface area contributed by atoms with E-state index in [1.165, 1.54) is 12.1 Å². The van der Waals surface area contributed by atoms with Crippen LogP contribution in [0.5, 0.6) is 0 Å². The van der Waals surface area contributed by atoms with Gasteiger partial charge in [0.25, 0.3) is 0 Å². The Hall–Kier alpha value is 0.150. The summed E-state index contributed by atoms with van der Waals surface area (Å²) in [6.07, 6.45) is 0. The minimum Gasteiger partial charge on any atom is -0.316 e. The van der Waals surface area contributed by atoms with Crippen molar-refractivity contribution in [2.45, 2.75) is 17.9 Å². The zero-order valence-corrected chi connectivity index (χ0v) is 13.9. The van der Waals surface area contributed by atoms with Crippen LogP contribution in [0.15, 0.2) is 27.6 Å². The Morgan fingerprint density at radius 3 is 2.56 bits per heavy atom.